The molecule has 1 heterocycles. The molecule has 0 unspecified atom stereocenters. The molecule has 31 heavy (non-hydrogen) atoms. The van der Waals surface area contributed by atoms with Crippen molar-refractivity contribution in [2.24, 2.45) is 0 Å². The predicted molar refractivity (Wildman–Crippen MR) is 121 cm³/mol. The highest BCUT2D eigenvalue weighted by Crippen LogP contribution is 2.26. The third-order valence-corrected chi connectivity index (χ3v) is 5.66. The summed E-state index contributed by atoms with van der Waals surface area (Å²) < 4.78 is 12.8. The van der Waals surface area contributed by atoms with Gasteiger partial charge in [-0.05, 0) is 32.4 Å². The fourth-order valence-electron chi connectivity index (χ4n) is 4.00. The van der Waals surface area contributed by atoms with E-state index in [0.29, 0.717) is 25.2 Å². The molecule has 0 aliphatic rings. The van der Waals surface area contributed by atoms with Crippen molar-refractivity contribution in [2.75, 3.05) is 14.2 Å². The van der Waals surface area contributed by atoms with Crippen molar-refractivity contribution in [3.05, 3.63) is 81.7 Å². The minimum Gasteiger partial charge on any atom is -0.497 e. The van der Waals surface area contributed by atoms with Crippen molar-refractivity contribution in [1.29, 1.82) is 0 Å². The van der Waals surface area contributed by atoms with E-state index in [1.165, 1.54) is 5.56 Å². The molecule has 0 atom stereocenters. The molecule has 0 saturated heterocycles. The average Bonchev–Trinajstić information content (AvgIpc) is 2.98. The van der Waals surface area contributed by atoms with Gasteiger partial charge in [0.05, 0.1) is 19.8 Å². The van der Waals surface area contributed by atoms with Crippen molar-refractivity contribution < 1.29 is 19.4 Å². The van der Waals surface area contributed by atoms with E-state index in [0.717, 1.165) is 39.6 Å². The van der Waals surface area contributed by atoms with Gasteiger partial charge >= 0.3 is 5.97 Å². The largest absolute Gasteiger partial charge is 0.497 e. The van der Waals surface area contributed by atoms with E-state index in [9.17, 15) is 9.90 Å². The molecular weight excluding hydrogens is 392 g/mol. The minimum atomic E-state index is -0.901. The van der Waals surface area contributed by atoms with Gasteiger partial charge in [-0.2, -0.15) is 0 Å². The highest BCUT2D eigenvalue weighted by molar-refractivity contribution is 5.91. The van der Waals surface area contributed by atoms with E-state index < -0.39 is 5.97 Å². The van der Waals surface area contributed by atoms with Crippen LogP contribution in [-0.2, 0) is 19.6 Å². The molecule has 6 heteroatoms. The van der Waals surface area contributed by atoms with E-state index >= 15 is 0 Å². The Bertz CT molecular complexity index is 1090. The number of rotatable bonds is 9. The van der Waals surface area contributed by atoms with Crippen LogP contribution in [0.2, 0.25) is 0 Å². The number of methoxy groups -OCH3 is 2. The molecule has 2 N–H and O–H groups in total. The van der Waals surface area contributed by atoms with Crippen LogP contribution in [0.5, 0.6) is 11.5 Å². The van der Waals surface area contributed by atoms with Gasteiger partial charge in [0.1, 0.15) is 11.5 Å². The molecule has 0 fully saturated rings. The smallest absolute Gasteiger partial charge is 0.337 e. The Morgan fingerprint density at radius 3 is 2.42 bits per heavy atom. The first kappa shape index (κ1) is 22.4. The summed E-state index contributed by atoms with van der Waals surface area (Å²) >= 11 is 0. The number of ether oxygens (including phenoxy) is 2. The Morgan fingerprint density at radius 2 is 1.77 bits per heavy atom. The summed E-state index contributed by atoms with van der Waals surface area (Å²) in [6, 6.07) is 14.0. The van der Waals surface area contributed by atoms with Gasteiger partial charge in [0.25, 0.3) is 0 Å². The number of carbonyl (C=O) groups is 1. The first-order valence-corrected chi connectivity index (χ1v) is 10.2. The van der Waals surface area contributed by atoms with Gasteiger partial charge < -0.3 is 24.5 Å². The SMILES string of the molecule is COc1ccc(CNCc2c(C(=O)O)c(C)n(Cc3cccc(C)c3)c2C)c(OC)c1. The quantitative estimate of drug-likeness (QED) is 0.532. The molecule has 1 aromatic heterocycles. The number of benzene rings is 2. The summed E-state index contributed by atoms with van der Waals surface area (Å²) in [7, 11) is 3.24. The number of aryl methyl sites for hydroxylation is 1. The number of carboxylic acids is 1. The molecule has 164 valence electrons. The van der Waals surface area contributed by atoms with E-state index in [1.807, 2.05) is 38.1 Å². The summed E-state index contributed by atoms with van der Waals surface area (Å²) in [6.07, 6.45) is 0. The van der Waals surface area contributed by atoms with Crippen LogP contribution in [0.25, 0.3) is 0 Å². The van der Waals surface area contributed by atoms with Gasteiger partial charge in [-0.15, -0.1) is 0 Å². The maximum atomic E-state index is 12.0. The van der Waals surface area contributed by atoms with Crippen LogP contribution in [-0.4, -0.2) is 29.9 Å². The van der Waals surface area contributed by atoms with E-state index in [1.54, 1.807) is 14.2 Å². The van der Waals surface area contributed by atoms with E-state index in [-0.39, 0.29) is 0 Å². The number of nitrogens with zero attached hydrogens (tertiary/aromatic N) is 1. The molecule has 3 rings (SSSR count). The third-order valence-electron chi connectivity index (χ3n) is 5.66. The first-order valence-electron chi connectivity index (χ1n) is 10.2. The van der Waals surface area contributed by atoms with Gasteiger partial charge in [0, 0.05) is 48.2 Å². The van der Waals surface area contributed by atoms with Crippen LogP contribution in [0.1, 0.15) is 44.0 Å². The third kappa shape index (κ3) is 4.91. The van der Waals surface area contributed by atoms with Crippen molar-refractivity contribution >= 4 is 5.97 Å². The summed E-state index contributed by atoms with van der Waals surface area (Å²) in [5.41, 5.74) is 6.24. The Labute approximate surface area is 183 Å². The molecule has 2 aromatic carbocycles. The summed E-state index contributed by atoms with van der Waals surface area (Å²) in [5, 5.41) is 13.3. The predicted octanol–water partition coefficient (Wildman–Crippen LogP) is 4.47. The average molecular weight is 423 g/mol. The minimum absolute atomic E-state index is 0.374. The molecule has 0 spiro atoms. The Morgan fingerprint density at radius 1 is 1.00 bits per heavy atom. The second-order valence-corrected chi connectivity index (χ2v) is 7.69. The van der Waals surface area contributed by atoms with Gasteiger partial charge in [-0.3, -0.25) is 0 Å². The van der Waals surface area contributed by atoms with Gasteiger partial charge in [0.2, 0.25) is 0 Å². The fourth-order valence-corrected chi connectivity index (χ4v) is 4.00. The van der Waals surface area contributed by atoms with Gasteiger partial charge in [-0.25, -0.2) is 4.79 Å². The first-order chi connectivity index (χ1) is 14.8. The van der Waals surface area contributed by atoms with Crippen LogP contribution >= 0.6 is 0 Å². The molecule has 0 saturated carbocycles. The van der Waals surface area contributed by atoms with Crippen molar-refractivity contribution in [3.8, 4) is 11.5 Å². The standard InChI is InChI=1S/C25H30N2O4/c1-16-7-6-8-19(11-16)15-27-17(2)22(24(18(27)3)25(28)29)14-26-13-20-9-10-21(30-4)12-23(20)31-5/h6-12,26H,13-15H2,1-5H3,(H,28,29). The number of hydrogen-bond acceptors (Lipinski definition) is 4. The summed E-state index contributed by atoms with van der Waals surface area (Å²) in [5.74, 6) is 0.561. The lowest BCUT2D eigenvalue weighted by molar-refractivity contribution is 0.0694. The van der Waals surface area contributed by atoms with Crippen molar-refractivity contribution in [2.45, 2.75) is 40.4 Å². The van der Waals surface area contributed by atoms with Crippen molar-refractivity contribution in [1.82, 2.24) is 9.88 Å². The highest BCUT2D eigenvalue weighted by atomic mass is 16.5. The number of aromatic carboxylic acids is 1. The Kier molecular flexibility index (Phi) is 7.02. The number of nitrogens with one attached hydrogen (secondary N) is 1. The van der Waals surface area contributed by atoms with Crippen LogP contribution in [0, 0.1) is 20.8 Å². The topological polar surface area (TPSA) is 72.7 Å². The molecule has 6 nitrogen and oxygen atoms in total. The van der Waals surface area contributed by atoms with Crippen LogP contribution in [0.4, 0.5) is 0 Å². The Hall–Kier alpha value is -3.25. The maximum absolute atomic E-state index is 12.0. The fraction of sp³-hybridized carbons (Fsp3) is 0.320. The lowest BCUT2D eigenvalue weighted by atomic mass is 10.1. The van der Waals surface area contributed by atoms with E-state index in [2.05, 4.69) is 35.0 Å². The van der Waals surface area contributed by atoms with Crippen LogP contribution < -0.4 is 14.8 Å². The van der Waals surface area contributed by atoms with Crippen LogP contribution in [0.15, 0.2) is 42.5 Å². The lowest BCUT2D eigenvalue weighted by Crippen LogP contribution is -2.16. The normalized spacial score (nSPS) is 10.9. The number of hydrogen-bond donors (Lipinski definition) is 2. The molecule has 3 aromatic rings. The van der Waals surface area contributed by atoms with Gasteiger partial charge in [-0.1, -0.05) is 35.9 Å². The zero-order valence-corrected chi connectivity index (χ0v) is 18.8. The molecule has 0 aliphatic carbocycles. The molecular formula is C25H30N2O4. The second kappa shape index (κ2) is 9.71. The summed E-state index contributed by atoms with van der Waals surface area (Å²) in [6.45, 7) is 7.57. The molecule has 0 amide bonds. The Balaban J connectivity index is 1.83. The highest BCUT2D eigenvalue weighted by Gasteiger charge is 2.22. The van der Waals surface area contributed by atoms with Gasteiger partial charge in [0.15, 0.2) is 0 Å². The second-order valence-electron chi connectivity index (χ2n) is 7.69. The molecule has 0 radical (unpaired) electrons. The van der Waals surface area contributed by atoms with Crippen molar-refractivity contribution in [3.63, 3.8) is 0 Å². The van der Waals surface area contributed by atoms with E-state index in [4.69, 9.17) is 9.47 Å². The van der Waals surface area contributed by atoms with Crippen LogP contribution in [0.3, 0.4) is 0 Å². The lowest BCUT2D eigenvalue weighted by Gasteiger charge is -2.12. The number of carboxylic acid groups (broad SMARTS) is 1. The maximum Gasteiger partial charge on any atom is 0.337 e. The zero-order chi connectivity index (χ0) is 22.5. The molecule has 0 aliphatic heterocycles. The number of aromatic nitrogens is 1. The molecule has 0 bridgehead atoms. The monoisotopic (exact) mass is 422 g/mol. The zero-order valence-electron chi connectivity index (χ0n) is 18.8. The summed E-state index contributed by atoms with van der Waals surface area (Å²) in [4.78, 5) is 12.0.